The van der Waals surface area contributed by atoms with Crippen LogP contribution in [0, 0.1) is 3.57 Å². The van der Waals surface area contributed by atoms with E-state index >= 15 is 0 Å². The Morgan fingerprint density at radius 3 is 2.52 bits per heavy atom. The molecule has 0 saturated heterocycles. The molecule has 1 atom stereocenters. The van der Waals surface area contributed by atoms with Crippen LogP contribution in [0.3, 0.4) is 0 Å². The lowest BCUT2D eigenvalue weighted by molar-refractivity contribution is 0.0193. The van der Waals surface area contributed by atoms with E-state index in [0.717, 1.165) is 9.13 Å². The fourth-order valence-electron chi connectivity index (χ4n) is 1.89. The Bertz CT molecular complexity index is 506. The number of hydrogen-bond donors (Lipinski definition) is 0. The van der Waals surface area contributed by atoms with E-state index in [-0.39, 0.29) is 12.1 Å². The molecular formula is C17H24INO2. The van der Waals surface area contributed by atoms with Crippen LogP contribution in [0.4, 0.5) is 4.79 Å². The van der Waals surface area contributed by atoms with Gasteiger partial charge in [0.2, 0.25) is 0 Å². The number of nitrogens with zero attached hydrogens (tertiary/aromatic N) is 1. The van der Waals surface area contributed by atoms with Gasteiger partial charge in [-0.3, -0.25) is 4.90 Å². The topological polar surface area (TPSA) is 29.5 Å². The minimum atomic E-state index is -0.491. The van der Waals surface area contributed by atoms with Crippen LogP contribution >= 0.6 is 22.6 Å². The smallest absolute Gasteiger partial charge is 0.411 e. The van der Waals surface area contributed by atoms with Crippen molar-refractivity contribution in [3.8, 4) is 0 Å². The van der Waals surface area contributed by atoms with Gasteiger partial charge in [-0.2, -0.15) is 0 Å². The van der Waals surface area contributed by atoms with Gasteiger partial charge >= 0.3 is 6.09 Å². The molecule has 0 unspecified atom stereocenters. The van der Waals surface area contributed by atoms with Crippen molar-refractivity contribution in [3.63, 3.8) is 0 Å². The molecule has 0 aliphatic heterocycles. The molecule has 0 aromatic heterocycles. The first-order valence-corrected chi connectivity index (χ1v) is 8.18. The Kier molecular flexibility index (Phi) is 6.71. The second kappa shape index (κ2) is 7.82. The number of carbonyl (C=O) groups is 1. The van der Waals surface area contributed by atoms with E-state index in [4.69, 9.17) is 4.74 Å². The van der Waals surface area contributed by atoms with Gasteiger partial charge in [0.15, 0.2) is 0 Å². The third-order valence-electron chi connectivity index (χ3n) is 2.89. The maximum Gasteiger partial charge on any atom is 0.411 e. The number of amides is 1. The molecule has 1 aromatic rings. The molecular weight excluding hydrogens is 377 g/mol. The van der Waals surface area contributed by atoms with E-state index in [1.54, 1.807) is 4.90 Å². The van der Waals surface area contributed by atoms with Crippen molar-refractivity contribution < 1.29 is 9.53 Å². The van der Waals surface area contributed by atoms with Crippen molar-refractivity contribution >= 4 is 28.7 Å². The minimum absolute atomic E-state index is 0.0131. The first-order valence-electron chi connectivity index (χ1n) is 7.10. The van der Waals surface area contributed by atoms with Gasteiger partial charge < -0.3 is 4.74 Å². The van der Waals surface area contributed by atoms with Crippen molar-refractivity contribution in [2.75, 3.05) is 0 Å². The molecule has 116 valence electrons. The molecule has 21 heavy (non-hydrogen) atoms. The van der Waals surface area contributed by atoms with Gasteiger partial charge in [-0.15, -0.1) is 0 Å². The second-order valence-electron chi connectivity index (χ2n) is 5.97. The lowest BCUT2D eigenvalue weighted by atomic mass is 10.1. The van der Waals surface area contributed by atoms with E-state index < -0.39 is 5.60 Å². The summed E-state index contributed by atoms with van der Waals surface area (Å²) in [6.45, 7) is 10.1. The highest BCUT2D eigenvalue weighted by Gasteiger charge is 2.25. The maximum atomic E-state index is 12.5. The molecule has 0 bridgehead atoms. The molecule has 0 aliphatic carbocycles. The van der Waals surface area contributed by atoms with Gasteiger partial charge in [0, 0.05) is 3.57 Å². The Morgan fingerprint density at radius 2 is 2.00 bits per heavy atom. The molecule has 0 fully saturated rings. The number of carbonyl (C=O) groups excluding carboxylic acids is 1. The predicted molar refractivity (Wildman–Crippen MR) is 95.2 cm³/mol. The summed E-state index contributed by atoms with van der Waals surface area (Å²) in [5, 5.41) is 0. The van der Waals surface area contributed by atoms with Crippen molar-refractivity contribution in [2.24, 2.45) is 0 Å². The predicted octanol–water partition coefficient (Wildman–Crippen LogP) is 4.99. The number of ether oxygens (including phenoxy) is 1. The van der Waals surface area contributed by atoms with Crippen LogP contribution in [0.2, 0.25) is 0 Å². The van der Waals surface area contributed by atoms with Crippen molar-refractivity contribution in [1.29, 1.82) is 0 Å². The number of allylic oxidation sites excluding steroid dienone is 1. The Labute approximate surface area is 141 Å². The van der Waals surface area contributed by atoms with Crippen molar-refractivity contribution in [3.05, 3.63) is 45.6 Å². The average molecular weight is 401 g/mol. The molecule has 0 saturated carbocycles. The van der Waals surface area contributed by atoms with Gasteiger partial charge in [0.1, 0.15) is 5.60 Å². The summed E-state index contributed by atoms with van der Waals surface area (Å²) in [7, 11) is 0. The highest BCUT2D eigenvalue weighted by molar-refractivity contribution is 14.1. The van der Waals surface area contributed by atoms with Crippen molar-refractivity contribution in [2.45, 2.75) is 52.8 Å². The minimum Gasteiger partial charge on any atom is -0.444 e. The molecule has 4 heteroatoms. The molecule has 0 N–H and O–H groups in total. The fraction of sp³-hybridized carbons (Fsp3) is 0.471. The summed E-state index contributed by atoms with van der Waals surface area (Å²) in [5.41, 5.74) is 0.634. The highest BCUT2D eigenvalue weighted by Crippen LogP contribution is 2.19. The molecule has 1 aromatic carbocycles. The van der Waals surface area contributed by atoms with Crippen molar-refractivity contribution in [1.82, 2.24) is 4.90 Å². The largest absolute Gasteiger partial charge is 0.444 e. The monoisotopic (exact) mass is 401 g/mol. The Hall–Kier alpha value is -1.04. The van der Waals surface area contributed by atoms with E-state index in [1.165, 1.54) is 0 Å². The first kappa shape index (κ1) is 18.0. The first-order chi connectivity index (χ1) is 9.74. The van der Waals surface area contributed by atoms with Crippen LogP contribution in [0.1, 0.15) is 40.2 Å². The van der Waals surface area contributed by atoms with E-state index in [9.17, 15) is 4.79 Å². The molecule has 1 amide bonds. The standard InChI is InChI=1S/C17H24INO2/c1-6-9-13(2)19(16(20)21-17(3,4)5)12-14-10-7-8-11-15(14)18/h6-11,13H,12H2,1-5H3/b9-6-/t13-/m0/s1. The molecule has 3 nitrogen and oxygen atoms in total. The van der Waals surface area contributed by atoms with Crippen LogP contribution in [-0.2, 0) is 11.3 Å². The molecule has 0 heterocycles. The molecule has 0 aliphatic rings. The van der Waals surface area contributed by atoms with Gasteiger partial charge in [-0.05, 0) is 68.8 Å². The van der Waals surface area contributed by atoms with Crippen LogP contribution in [0.25, 0.3) is 0 Å². The maximum absolute atomic E-state index is 12.5. The van der Waals surface area contributed by atoms with E-state index in [1.807, 2.05) is 71.0 Å². The third-order valence-corrected chi connectivity index (χ3v) is 3.94. The summed E-state index contributed by atoms with van der Waals surface area (Å²) < 4.78 is 6.68. The number of benzene rings is 1. The number of rotatable bonds is 4. The van der Waals surface area contributed by atoms with Crippen LogP contribution in [0.5, 0.6) is 0 Å². The molecule has 0 radical (unpaired) electrons. The summed E-state index contributed by atoms with van der Waals surface area (Å²) >= 11 is 2.29. The average Bonchev–Trinajstić information content (AvgIpc) is 2.35. The van der Waals surface area contributed by atoms with E-state index in [2.05, 4.69) is 22.6 Å². The normalized spacial score (nSPS) is 13.2. The quantitative estimate of drug-likeness (QED) is 0.525. The zero-order chi connectivity index (χ0) is 16.0. The Morgan fingerprint density at radius 1 is 1.38 bits per heavy atom. The second-order valence-corrected chi connectivity index (χ2v) is 7.13. The summed E-state index contributed by atoms with van der Waals surface area (Å²) in [6.07, 6.45) is 3.67. The van der Waals surface area contributed by atoms with Gasteiger partial charge in [-0.25, -0.2) is 4.79 Å². The van der Waals surface area contributed by atoms with Gasteiger partial charge in [-0.1, -0.05) is 30.4 Å². The van der Waals surface area contributed by atoms with E-state index in [0.29, 0.717) is 6.54 Å². The number of hydrogen-bond acceptors (Lipinski definition) is 2. The molecule has 0 spiro atoms. The molecule has 1 rings (SSSR count). The van der Waals surface area contributed by atoms with Crippen LogP contribution < -0.4 is 0 Å². The number of halogens is 1. The van der Waals surface area contributed by atoms with Gasteiger partial charge in [0.25, 0.3) is 0 Å². The summed E-state index contributed by atoms with van der Waals surface area (Å²) in [5.74, 6) is 0. The third kappa shape index (κ3) is 6.08. The zero-order valence-corrected chi connectivity index (χ0v) is 15.5. The highest BCUT2D eigenvalue weighted by atomic mass is 127. The Balaban J connectivity index is 2.98. The SMILES string of the molecule is C/C=C\[C@H](C)N(Cc1ccccc1I)C(=O)OC(C)(C)C. The lowest BCUT2D eigenvalue weighted by Gasteiger charge is -2.30. The van der Waals surface area contributed by atoms with Gasteiger partial charge in [0.05, 0.1) is 12.6 Å². The fourth-order valence-corrected chi connectivity index (χ4v) is 2.45. The summed E-state index contributed by atoms with van der Waals surface area (Å²) in [6, 6.07) is 8.06. The zero-order valence-electron chi connectivity index (χ0n) is 13.4. The van der Waals surface area contributed by atoms with Crippen LogP contribution in [-0.4, -0.2) is 22.6 Å². The lowest BCUT2D eigenvalue weighted by Crippen LogP contribution is -2.41. The van der Waals surface area contributed by atoms with Crippen LogP contribution in [0.15, 0.2) is 36.4 Å². The summed E-state index contributed by atoms with van der Waals surface area (Å²) in [4.78, 5) is 14.2.